The number of anilines is 1. The minimum Gasteiger partial charge on any atom is -0.424 e. The van der Waals surface area contributed by atoms with E-state index >= 15 is 0 Å². The van der Waals surface area contributed by atoms with Gasteiger partial charge in [-0.1, -0.05) is 11.6 Å². The lowest BCUT2D eigenvalue weighted by atomic mass is 10.3. The van der Waals surface area contributed by atoms with Crippen molar-refractivity contribution < 1.29 is 4.42 Å². The molecular weight excluding hydrogens is 200 g/mol. The van der Waals surface area contributed by atoms with Crippen LogP contribution in [0.4, 0.5) is 6.01 Å². The second kappa shape index (κ2) is 3.50. The van der Waals surface area contributed by atoms with E-state index in [-0.39, 0.29) is 0 Å². The minimum absolute atomic E-state index is 0.304. The van der Waals surface area contributed by atoms with Crippen molar-refractivity contribution in [3.8, 4) is 0 Å². The van der Waals surface area contributed by atoms with E-state index in [1.54, 1.807) is 12.1 Å². The maximum atomic E-state index is 5.83. The van der Waals surface area contributed by atoms with E-state index in [9.17, 15) is 0 Å². The van der Waals surface area contributed by atoms with Crippen molar-refractivity contribution in [1.82, 2.24) is 4.98 Å². The molecule has 0 saturated carbocycles. The van der Waals surface area contributed by atoms with E-state index in [1.165, 1.54) is 0 Å². The molecule has 1 aromatic carbocycles. The molecule has 14 heavy (non-hydrogen) atoms. The largest absolute Gasteiger partial charge is 0.424 e. The van der Waals surface area contributed by atoms with Gasteiger partial charge < -0.3 is 9.73 Å². The third-order valence-corrected chi connectivity index (χ3v) is 2.00. The SMILES string of the molecule is CC(C)Nc1nc2cc(Cl)ccc2o1. The van der Waals surface area contributed by atoms with E-state index in [4.69, 9.17) is 16.0 Å². The van der Waals surface area contributed by atoms with Gasteiger partial charge in [0, 0.05) is 11.1 Å². The predicted octanol–water partition coefficient (Wildman–Crippen LogP) is 3.30. The van der Waals surface area contributed by atoms with Gasteiger partial charge in [0.15, 0.2) is 5.58 Å². The lowest BCUT2D eigenvalue weighted by Crippen LogP contribution is -2.09. The summed E-state index contributed by atoms with van der Waals surface area (Å²) in [5.41, 5.74) is 1.53. The Hall–Kier alpha value is -1.22. The quantitative estimate of drug-likeness (QED) is 0.827. The van der Waals surface area contributed by atoms with E-state index in [0.29, 0.717) is 17.1 Å². The number of hydrogen-bond acceptors (Lipinski definition) is 3. The standard InChI is InChI=1S/C10H11ClN2O/c1-6(2)12-10-13-8-5-7(11)3-4-9(8)14-10/h3-6H,1-2H3,(H,12,13). The van der Waals surface area contributed by atoms with Gasteiger partial charge in [-0.3, -0.25) is 0 Å². The van der Waals surface area contributed by atoms with Crippen LogP contribution >= 0.6 is 11.6 Å². The highest BCUT2D eigenvalue weighted by Gasteiger charge is 2.06. The van der Waals surface area contributed by atoms with E-state index in [0.717, 1.165) is 11.1 Å². The van der Waals surface area contributed by atoms with Gasteiger partial charge in [0.25, 0.3) is 6.01 Å². The summed E-state index contributed by atoms with van der Waals surface area (Å²) in [4.78, 5) is 4.25. The molecule has 2 rings (SSSR count). The first-order chi connectivity index (χ1) is 6.65. The summed E-state index contributed by atoms with van der Waals surface area (Å²) in [5, 5.41) is 3.76. The maximum absolute atomic E-state index is 5.83. The molecule has 3 nitrogen and oxygen atoms in total. The van der Waals surface area contributed by atoms with Gasteiger partial charge in [-0.25, -0.2) is 0 Å². The molecular formula is C10H11ClN2O. The molecule has 4 heteroatoms. The monoisotopic (exact) mass is 210 g/mol. The summed E-state index contributed by atoms with van der Waals surface area (Å²) in [6.07, 6.45) is 0. The first-order valence-corrected chi connectivity index (χ1v) is 4.85. The normalized spacial score (nSPS) is 11.1. The molecule has 0 amide bonds. The Morgan fingerprint density at radius 3 is 2.93 bits per heavy atom. The Bertz CT molecular complexity index is 450. The first kappa shape index (κ1) is 9.34. The van der Waals surface area contributed by atoms with Crippen molar-refractivity contribution >= 4 is 28.7 Å². The van der Waals surface area contributed by atoms with E-state index < -0.39 is 0 Å². The number of nitrogens with one attached hydrogen (secondary N) is 1. The van der Waals surface area contributed by atoms with E-state index in [2.05, 4.69) is 10.3 Å². The Kier molecular flexibility index (Phi) is 2.33. The van der Waals surface area contributed by atoms with Gasteiger partial charge in [-0.15, -0.1) is 0 Å². The molecule has 2 aromatic rings. The molecule has 0 fully saturated rings. The molecule has 0 radical (unpaired) electrons. The van der Waals surface area contributed by atoms with Crippen molar-refractivity contribution in [3.63, 3.8) is 0 Å². The first-order valence-electron chi connectivity index (χ1n) is 4.48. The molecule has 0 spiro atoms. The molecule has 1 aromatic heterocycles. The molecule has 0 aliphatic rings. The molecule has 0 unspecified atom stereocenters. The number of halogens is 1. The van der Waals surface area contributed by atoms with Crippen LogP contribution in [0.1, 0.15) is 13.8 Å². The fourth-order valence-corrected chi connectivity index (χ4v) is 1.38. The second-order valence-corrected chi connectivity index (χ2v) is 3.87. The fourth-order valence-electron chi connectivity index (χ4n) is 1.21. The average Bonchev–Trinajstić information content (AvgIpc) is 2.44. The lowest BCUT2D eigenvalue weighted by molar-refractivity contribution is 0.606. The zero-order valence-electron chi connectivity index (χ0n) is 8.04. The van der Waals surface area contributed by atoms with Crippen LogP contribution in [-0.4, -0.2) is 11.0 Å². The van der Waals surface area contributed by atoms with Crippen molar-refractivity contribution in [2.24, 2.45) is 0 Å². The topological polar surface area (TPSA) is 38.1 Å². The molecule has 0 aliphatic carbocycles. The number of nitrogens with zero attached hydrogens (tertiary/aromatic N) is 1. The number of benzene rings is 1. The summed E-state index contributed by atoms with van der Waals surface area (Å²) in [5.74, 6) is 0. The van der Waals surface area contributed by atoms with Crippen LogP contribution in [0.15, 0.2) is 22.6 Å². The highest BCUT2D eigenvalue weighted by atomic mass is 35.5. The van der Waals surface area contributed by atoms with Crippen LogP contribution in [-0.2, 0) is 0 Å². The van der Waals surface area contributed by atoms with Gasteiger partial charge in [0.2, 0.25) is 0 Å². The van der Waals surface area contributed by atoms with Crippen molar-refractivity contribution in [2.45, 2.75) is 19.9 Å². The fraction of sp³-hybridized carbons (Fsp3) is 0.300. The number of fused-ring (bicyclic) bond motifs is 1. The third kappa shape index (κ3) is 1.82. The molecule has 1 N–H and O–H groups in total. The second-order valence-electron chi connectivity index (χ2n) is 3.43. The van der Waals surface area contributed by atoms with Gasteiger partial charge in [-0.2, -0.15) is 4.98 Å². The van der Waals surface area contributed by atoms with Crippen LogP contribution in [0.3, 0.4) is 0 Å². The lowest BCUT2D eigenvalue weighted by Gasteiger charge is -2.02. The van der Waals surface area contributed by atoms with Crippen LogP contribution < -0.4 is 5.32 Å². The van der Waals surface area contributed by atoms with Gasteiger partial charge in [-0.05, 0) is 32.0 Å². The number of rotatable bonds is 2. The zero-order chi connectivity index (χ0) is 10.1. The molecule has 0 bridgehead atoms. The zero-order valence-corrected chi connectivity index (χ0v) is 8.80. The highest BCUT2D eigenvalue weighted by Crippen LogP contribution is 2.22. The van der Waals surface area contributed by atoms with Gasteiger partial charge in [0.1, 0.15) is 5.52 Å². The maximum Gasteiger partial charge on any atom is 0.295 e. The van der Waals surface area contributed by atoms with Crippen LogP contribution in [0.2, 0.25) is 5.02 Å². The summed E-state index contributed by atoms with van der Waals surface area (Å²) < 4.78 is 5.45. The van der Waals surface area contributed by atoms with Crippen LogP contribution in [0.25, 0.3) is 11.1 Å². The Morgan fingerprint density at radius 1 is 1.43 bits per heavy atom. The Morgan fingerprint density at radius 2 is 2.21 bits per heavy atom. The number of hydrogen-bond donors (Lipinski definition) is 1. The summed E-state index contributed by atoms with van der Waals surface area (Å²) in [6, 6.07) is 6.23. The third-order valence-electron chi connectivity index (χ3n) is 1.76. The predicted molar refractivity (Wildman–Crippen MR) is 57.8 cm³/mol. The molecule has 1 heterocycles. The molecule has 0 atom stereocenters. The molecule has 74 valence electrons. The van der Waals surface area contributed by atoms with E-state index in [1.807, 2.05) is 19.9 Å². The Balaban J connectivity index is 2.41. The summed E-state index contributed by atoms with van der Waals surface area (Å²) in [7, 11) is 0. The average molecular weight is 211 g/mol. The van der Waals surface area contributed by atoms with Gasteiger partial charge >= 0.3 is 0 Å². The number of oxazole rings is 1. The molecule has 0 saturated heterocycles. The van der Waals surface area contributed by atoms with Crippen molar-refractivity contribution in [1.29, 1.82) is 0 Å². The summed E-state index contributed by atoms with van der Waals surface area (Å²) >= 11 is 5.83. The minimum atomic E-state index is 0.304. The smallest absolute Gasteiger partial charge is 0.295 e. The molecule has 0 aliphatic heterocycles. The van der Waals surface area contributed by atoms with Crippen molar-refractivity contribution in [3.05, 3.63) is 23.2 Å². The van der Waals surface area contributed by atoms with Crippen LogP contribution in [0.5, 0.6) is 0 Å². The summed E-state index contributed by atoms with van der Waals surface area (Å²) in [6.45, 7) is 4.06. The van der Waals surface area contributed by atoms with Crippen molar-refractivity contribution in [2.75, 3.05) is 5.32 Å². The van der Waals surface area contributed by atoms with Crippen LogP contribution in [0, 0.1) is 0 Å². The Labute approximate surface area is 87.1 Å². The highest BCUT2D eigenvalue weighted by molar-refractivity contribution is 6.31. The van der Waals surface area contributed by atoms with Gasteiger partial charge in [0.05, 0.1) is 0 Å². The number of aromatic nitrogens is 1.